The molecule has 3 heterocycles. The van der Waals surface area contributed by atoms with Crippen LogP contribution in [0.1, 0.15) is 31.4 Å². The van der Waals surface area contributed by atoms with Crippen molar-refractivity contribution in [3.63, 3.8) is 0 Å². The molecule has 2 saturated heterocycles. The second-order valence-corrected chi connectivity index (χ2v) is 8.61. The molecule has 7 heteroatoms. The van der Waals surface area contributed by atoms with Crippen LogP contribution in [0.25, 0.3) is 0 Å². The van der Waals surface area contributed by atoms with E-state index in [0.717, 1.165) is 34.3 Å². The van der Waals surface area contributed by atoms with Gasteiger partial charge in [0.1, 0.15) is 10.8 Å². The summed E-state index contributed by atoms with van der Waals surface area (Å²) in [5, 5.41) is 1.96. The Hall–Kier alpha value is -1.01. The van der Waals surface area contributed by atoms with Gasteiger partial charge < -0.3 is 10.6 Å². The monoisotopic (exact) mass is 394 g/mol. The van der Waals surface area contributed by atoms with E-state index in [4.69, 9.17) is 33.9 Å². The summed E-state index contributed by atoms with van der Waals surface area (Å²) >= 11 is 13.9. The fraction of sp³-hybridized carbons (Fsp3) is 0.444. The Morgan fingerprint density at radius 2 is 1.92 bits per heavy atom. The van der Waals surface area contributed by atoms with Crippen molar-refractivity contribution in [2.75, 3.05) is 4.90 Å². The molecule has 2 fully saturated rings. The van der Waals surface area contributed by atoms with E-state index in [0.29, 0.717) is 28.2 Å². The highest BCUT2D eigenvalue weighted by atomic mass is 35.5. The minimum absolute atomic E-state index is 0.322. The lowest BCUT2D eigenvalue weighted by atomic mass is 9.98. The number of benzene rings is 1. The van der Waals surface area contributed by atoms with Crippen molar-refractivity contribution in [3.05, 3.63) is 40.1 Å². The number of piperidine rings is 1. The van der Waals surface area contributed by atoms with Gasteiger partial charge in [0.15, 0.2) is 0 Å². The largest absolute Gasteiger partial charge is 0.349 e. The van der Waals surface area contributed by atoms with Crippen molar-refractivity contribution in [3.8, 4) is 0 Å². The normalized spacial score (nSPS) is 25.4. The van der Waals surface area contributed by atoms with Crippen LogP contribution in [0.15, 0.2) is 34.3 Å². The highest BCUT2D eigenvalue weighted by Crippen LogP contribution is 2.40. The Balaban J connectivity index is 1.58. The molecule has 0 spiro atoms. The molecular weight excluding hydrogens is 375 g/mol. The van der Waals surface area contributed by atoms with E-state index < -0.39 is 0 Å². The van der Waals surface area contributed by atoms with Crippen molar-refractivity contribution < 1.29 is 0 Å². The van der Waals surface area contributed by atoms with Crippen molar-refractivity contribution >= 4 is 40.8 Å². The van der Waals surface area contributed by atoms with Gasteiger partial charge in [0, 0.05) is 23.0 Å². The van der Waals surface area contributed by atoms with Crippen molar-refractivity contribution in [2.24, 2.45) is 5.73 Å². The van der Waals surface area contributed by atoms with Crippen LogP contribution in [0, 0.1) is 6.92 Å². The number of fused-ring (bicyclic) bond motifs is 2. The van der Waals surface area contributed by atoms with Crippen molar-refractivity contribution in [1.82, 2.24) is 9.97 Å². The fourth-order valence-corrected chi connectivity index (χ4v) is 5.27. The average molecular weight is 395 g/mol. The number of halogens is 2. The van der Waals surface area contributed by atoms with E-state index in [1.165, 1.54) is 24.6 Å². The third-order valence-corrected chi connectivity index (χ3v) is 7.13. The predicted molar refractivity (Wildman–Crippen MR) is 104 cm³/mol. The molecule has 2 N–H and O–H groups in total. The molecular formula is C18H20Cl2N4S. The number of anilines is 1. The Bertz CT molecular complexity index is 787. The second kappa shape index (κ2) is 6.95. The van der Waals surface area contributed by atoms with Crippen LogP contribution in [0.4, 0.5) is 5.82 Å². The number of nitrogens with zero attached hydrogens (tertiary/aromatic N) is 3. The molecule has 0 amide bonds. The standard InChI is InChI=1S/C18H20Cl2N4S/c1-10-18(25-15-4-2-3-14(19)17(15)20)22-9-16(23-10)24-12-5-6-13(24)8-11(21)7-12/h2-4,9,11-13H,5-8,21H2,1H3. The van der Waals surface area contributed by atoms with E-state index in [2.05, 4.69) is 9.88 Å². The lowest BCUT2D eigenvalue weighted by molar-refractivity contribution is 0.411. The van der Waals surface area contributed by atoms with Gasteiger partial charge in [0.25, 0.3) is 0 Å². The molecule has 1 aromatic carbocycles. The van der Waals surface area contributed by atoms with E-state index in [-0.39, 0.29) is 0 Å². The van der Waals surface area contributed by atoms with Crippen LogP contribution < -0.4 is 10.6 Å². The predicted octanol–water partition coefficient (Wildman–Crippen LogP) is 4.70. The van der Waals surface area contributed by atoms with Gasteiger partial charge in [0.2, 0.25) is 0 Å². The highest BCUT2D eigenvalue weighted by molar-refractivity contribution is 7.99. The number of hydrogen-bond donors (Lipinski definition) is 1. The van der Waals surface area contributed by atoms with Crippen LogP contribution >= 0.6 is 35.0 Å². The molecule has 4 nitrogen and oxygen atoms in total. The first-order valence-corrected chi connectivity index (χ1v) is 10.1. The Kier molecular flexibility index (Phi) is 4.84. The minimum Gasteiger partial charge on any atom is -0.349 e. The number of rotatable bonds is 3. The maximum absolute atomic E-state index is 6.29. The summed E-state index contributed by atoms with van der Waals surface area (Å²) in [6.45, 7) is 1.99. The van der Waals surface area contributed by atoms with Gasteiger partial charge in [-0.15, -0.1) is 0 Å². The zero-order valence-corrected chi connectivity index (χ0v) is 16.3. The summed E-state index contributed by atoms with van der Waals surface area (Å²) in [7, 11) is 0. The highest BCUT2D eigenvalue weighted by Gasteiger charge is 2.40. The van der Waals surface area contributed by atoms with E-state index in [1.54, 1.807) is 6.07 Å². The molecule has 0 aliphatic carbocycles. The van der Waals surface area contributed by atoms with Crippen molar-refractivity contribution in [2.45, 2.75) is 60.7 Å². The van der Waals surface area contributed by atoms with Gasteiger partial charge in [-0.2, -0.15) is 0 Å². The maximum Gasteiger partial charge on any atom is 0.147 e. The molecule has 2 aliphatic rings. The fourth-order valence-electron chi connectivity index (χ4n) is 3.94. The van der Waals surface area contributed by atoms with Crippen molar-refractivity contribution in [1.29, 1.82) is 0 Å². The lowest BCUT2D eigenvalue weighted by Gasteiger charge is -2.38. The Morgan fingerprint density at radius 1 is 1.20 bits per heavy atom. The number of aromatic nitrogens is 2. The first kappa shape index (κ1) is 17.4. The summed E-state index contributed by atoms with van der Waals surface area (Å²) in [6, 6.07) is 6.95. The molecule has 4 rings (SSSR count). The molecule has 2 unspecified atom stereocenters. The number of aryl methyl sites for hydroxylation is 1. The number of nitrogens with two attached hydrogens (primary N) is 1. The third-order valence-electron chi connectivity index (χ3n) is 5.05. The third kappa shape index (κ3) is 3.35. The minimum atomic E-state index is 0.322. The first-order chi connectivity index (χ1) is 12.0. The molecule has 0 radical (unpaired) electrons. The molecule has 2 aromatic rings. The average Bonchev–Trinajstić information content (AvgIpc) is 2.85. The smallest absolute Gasteiger partial charge is 0.147 e. The first-order valence-electron chi connectivity index (χ1n) is 8.52. The Morgan fingerprint density at radius 3 is 2.60 bits per heavy atom. The SMILES string of the molecule is Cc1nc(N2C3CCC2CC(N)C3)cnc1Sc1cccc(Cl)c1Cl. The molecule has 132 valence electrons. The van der Waals surface area contributed by atoms with Crippen LogP contribution in [0.3, 0.4) is 0 Å². The molecule has 0 saturated carbocycles. The van der Waals surface area contributed by atoms with Gasteiger partial charge >= 0.3 is 0 Å². The molecule has 1 aromatic heterocycles. The van der Waals surface area contributed by atoms with Gasteiger partial charge in [-0.25, -0.2) is 9.97 Å². The van der Waals surface area contributed by atoms with Gasteiger partial charge in [-0.3, -0.25) is 0 Å². The molecule has 25 heavy (non-hydrogen) atoms. The molecule has 2 bridgehead atoms. The summed E-state index contributed by atoms with van der Waals surface area (Å²) in [5.41, 5.74) is 7.08. The zero-order chi connectivity index (χ0) is 17.6. The van der Waals surface area contributed by atoms with E-state index in [1.807, 2.05) is 25.3 Å². The van der Waals surface area contributed by atoms with Crippen LogP contribution in [0.2, 0.25) is 10.0 Å². The zero-order valence-electron chi connectivity index (χ0n) is 14.0. The quantitative estimate of drug-likeness (QED) is 0.816. The van der Waals surface area contributed by atoms with Gasteiger partial charge in [0.05, 0.1) is 21.9 Å². The summed E-state index contributed by atoms with van der Waals surface area (Å²) in [6.07, 6.45) is 6.38. The molecule has 2 atom stereocenters. The second-order valence-electron chi connectivity index (χ2n) is 6.80. The molecule has 2 aliphatic heterocycles. The van der Waals surface area contributed by atoms with Gasteiger partial charge in [-0.1, -0.05) is 41.0 Å². The number of hydrogen-bond acceptors (Lipinski definition) is 5. The summed E-state index contributed by atoms with van der Waals surface area (Å²) < 4.78 is 0. The van der Waals surface area contributed by atoms with Crippen LogP contribution in [-0.2, 0) is 0 Å². The summed E-state index contributed by atoms with van der Waals surface area (Å²) in [4.78, 5) is 12.8. The van der Waals surface area contributed by atoms with E-state index in [9.17, 15) is 0 Å². The van der Waals surface area contributed by atoms with Crippen LogP contribution in [0.5, 0.6) is 0 Å². The topological polar surface area (TPSA) is 55.0 Å². The van der Waals surface area contributed by atoms with E-state index >= 15 is 0 Å². The maximum atomic E-state index is 6.29. The lowest BCUT2D eigenvalue weighted by Crippen LogP contribution is -2.48. The Labute approximate surface area is 162 Å². The van der Waals surface area contributed by atoms with Crippen LogP contribution in [-0.4, -0.2) is 28.1 Å². The summed E-state index contributed by atoms with van der Waals surface area (Å²) in [5.74, 6) is 0.971. The van der Waals surface area contributed by atoms with Gasteiger partial charge in [-0.05, 0) is 44.7 Å².